The van der Waals surface area contributed by atoms with E-state index in [1.807, 2.05) is 0 Å². The van der Waals surface area contributed by atoms with Crippen molar-refractivity contribution in [1.29, 1.82) is 0 Å². The molecular formula is C10H20O3. The van der Waals surface area contributed by atoms with Gasteiger partial charge < -0.3 is 14.2 Å². The molecule has 0 radical (unpaired) electrons. The van der Waals surface area contributed by atoms with E-state index in [4.69, 9.17) is 14.2 Å². The summed E-state index contributed by atoms with van der Waals surface area (Å²) in [6.45, 7) is 6.60. The quantitative estimate of drug-likeness (QED) is 0.660. The molecule has 78 valence electrons. The molecule has 1 saturated heterocycles. The Hall–Kier alpha value is -0.120. The zero-order chi connectivity index (χ0) is 9.52. The Balaban J connectivity index is 1.98. The summed E-state index contributed by atoms with van der Waals surface area (Å²) >= 11 is 0. The van der Waals surface area contributed by atoms with Crippen LogP contribution in [0.3, 0.4) is 0 Å². The van der Waals surface area contributed by atoms with Gasteiger partial charge in [0.1, 0.15) is 0 Å². The Labute approximate surface area is 80.4 Å². The smallest absolute Gasteiger partial charge is 0.159 e. The van der Waals surface area contributed by atoms with Crippen LogP contribution in [0.1, 0.15) is 33.1 Å². The van der Waals surface area contributed by atoms with E-state index in [-0.39, 0.29) is 6.29 Å². The second-order valence-corrected chi connectivity index (χ2v) is 3.40. The molecule has 0 spiro atoms. The highest BCUT2D eigenvalue weighted by molar-refractivity contribution is 4.52. The van der Waals surface area contributed by atoms with Crippen molar-refractivity contribution >= 4 is 0 Å². The first kappa shape index (κ1) is 11.0. The zero-order valence-corrected chi connectivity index (χ0v) is 8.62. The van der Waals surface area contributed by atoms with Crippen molar-refractivity contribution in [1.82, 2.24) is 0 Å². The largest absolute Gasteiger partial charge is 0.378 e. The van der Waals surface area contributed by atoms with E-state index in [2.05, 4.69) is 13.8 Å². The van der Waals surface area contributed by atoms with Gasteiger partial charge in [0.05, 0.1) is 25.9 Å². The summed E-state index contributed by atoms with van der Waals surface area (Å²) in [5.41, 5.74) is 0. The fourth-order valence-electron chi connectivity index (χ4n) is 1.19. The molecule has 0 bridgehead atoms. The SMILES string of the molecule is CCC(C)OCCC1OCCCO1. The summed E-state index contributed by atoms with van der Waals surface area (Å²) in [5, 5.41) is 0. The van der Waals surface area contributed by atoms with E-state index in [1.54, 1.807) is 0 Å². The fraction of sp³-hybridized carbons (Fsp3) is 1.00. The molecule has 1 fully saturated rings. The van der Waals surface area contributed by atoms with Crippen LogP contribution in [0.5, 0.6) is 0 Å². The normalized spacial score (nSPS) is 21.7. The molecule has 1 rings (SSSR count). The monoisotopic (exact) mass is 188 g/mol. The number of hydrogen-bond donors (Lipinski definition) is 0. The van der Waals surface area contributed by atoms with Crippen molar-refractivity contribution in [2.45, 2.75) is 45.5 Å². The van der Waals surface area contributed by atoms with Crippen LogP contribution in [-0.2, 0) is 14.2 Å². The Morgan fingerprint density at radius 1 is 1.38 bits per heavy atom. The topological polar surface area (TPSA) is 27.7 Å². The zero-order valence-electron chi connectivity index (χ0n) is 8.62. The first-order valence-corrected chi connectivity index (χ1v) is 5.17. The molecule has 1 atom stereocenters. The molecule has 0 aromatic heterocycles. The Morgan fingerprint density at radius 2 is 2.08 bits per heavy atom. The molecular weight excluding hydrogens is 168 g/mol. The lowest BCUT2D eigenvalue weighted by molar-refractivity contribution is -0.187. The van der Waals surface area contributed by atoms with Crippen LogP contribution in [0.2, 0.25) is 0 Å². The van der Waals surface area contributed by atoms with Crippen LogP contribution in [0.15, 0.2) is 0 Å². The molecule has 0 aliphatic carbocycles. The minimum atomic E-state index is -0.0298. The van der Waals surface area contributed by atoms with E-state index < -0.39 is 0 Å². The third kappa shape index (κ3) is 4.60. The van der Waals surface area contributed by atoms with Crippen molar-refractivity contribution < 1.29 is 14.2 Å². The minimum absolute atomic E-state index is 0.0298. The summed E-state index contributed by atoms with van der Waals surface area (Å²) in [7, 11) is 0. The van der Waals surface area contributed by atoms with Gasteiger partial charge in [-0.05, 0) is 19.8 Å². The molecule has 0 saturated carbocycles. The Morgan fingerprint density at radius 3 is 2.69 bits per heavy atom. The summed E-state index contributed by atoms with van der Waals surface area (Å²) in [4.78, 5) is 0. The third-order valence-electron chi connectivity index (χ3n) is 2.23. The van der Waals surface area contributed by atoms with Crippen molar-refractivity contribution in [2.75, 3.05) is 19.8 Å². The second-order valence-electron chi connectivity index (χ2n) is 3.40. The molecule has 3 nitrogen and oxygen atoms in total. The van der Waals surface area contributed by atoms with Crippen molar-refractivity contribution in [3.05, 3.63) is 0 Å². The Kier molecular flexibility index (Phi) is 5.35. The molecule has 0 amide bonds. The molecule has 1 unspecified atom stereocenters. The minimum Gasteiger partial charge on any atom is -0.378 e. The van der Waals surface area contributed by atoms with Gasteiger partial charge in [-0.2, -0.15) is 0 Å². The summed E-state index contributed by atoms with van der Waals surface area (Å²) < 4.78 is 16.3. The highest BCUT2D eigenvalue weighted by Crippen LogP contribution is 2.09. The lowest BCUT2D eigenvalue weighted by atomic mass is 10.3. The summed E-state index contributed by atoms with van der Waals surface area (Å²) in [5.74, 6) is 0. The summed E-state index contributed by atoms with van der Waals surface area (Å²) in [6, 6.07) is 0. The predicted molar refractivity (Wildman–Crippen MR) is 50.6 cm³/mol. The fourth-order valence-corrected chi connectivity index (χ4v) is 1.19. The van der Waals surface area contributed by atoms with E-state index in [9.17, 15) is 0 Å². The summed E-state index contributed by atoms with van der Waals surface area (Å²) in [6.07, 6.45) is 3.25. The molecule has 1 aliphatic heterocycles. The third-order valence-corrected chi connectivity index (χ3v) is 2.23. The highest BCUT2D eigenvalue weighted by Gasteiger charge is 2.13. The van der Waals surface area contributed by atoms with Crippen LogP contribution >= 0.6 is 0 Å². The first-order chi connectivity index (χ1) is 6.33. The molecule has 0 aromatic rings. The van der Waals surface area contributed by atoms with Gasteiger partial charge in [-0.15, -0.1) is 0 Å². The molecule has 3 heteroatoms. The van der Waals surface area contributed by atoms with Crippen molar-refractivity contribution in [3.63, 3.8) is 0 Å². The lowest BCUT2D eigenvalue weighted by Gasteiger charge is -2.23. The van der Waals surface area contributed by atoms with Crippen LogP contribution in [0.4, 0.5) is 0 Å². The van der Waals surface area contributed by atoms with Gasteiger partial charge in [0, 0.05) is 6.42 Å². The highest BCUT2D eigenvalue weighted by atomic mass is 16.7. The van der Waals surface area contributed by atoms with E-state index in [1.165, 1.54) is 0 Å². The number of hydrogen-bond acceptors (Lipinski definition) is 3. The molecule has 1 aliphatic rings. The lowest BCUT2D eigenvalue weighted by Crippen LogP contribution is -2.26. The molecule has 1 heterocycles. The van der Waals surface area contributed by atoms with E-state index >= 15 is 0 Å². The number of rotatable bonds is 5. The van der Waals surface area contributed by atoms with Crippen molar-refractivity contribution in [2.24, 2.45) is 0 Å². The maximum atomic E-state index is 5.53. The first-order valence-electron chi connectivity index (χ1n) is 5.17. The van der Waals surface area contributed by atoms with Gasteiger partial charge in [-0.3, -0.25) is 0 Å². The molecule has 13 heavy (non-hydrogen) atoms. The van der Waals surface area contributed by atoms with Crippen LogP contribution < -0.4 is 0 Å². The second kappa shape index (κ2) is 6.35. The predicted octanol–water partition coefficient (Wildman–Crippen LogP) is 1.95. The van der Waals surface area contributed by atoms with Gasteiger partial charge in [0.25, 0.3) is 0 Å². The van der Waals surface area contributed by atoms with Gasteiger partial charge in [-0.25, -0.2) is 0 Å². The Bertz CT molecular complexity index is 121. The van der Waals surface area contributed by atoms with Gasteiger partial charge >= 0.3 is 0 Å². The number of ether oxygens (including phenoxy) is 3. The maximum Gasteiger partial charge on any atom is 0.159 e. The van der Waals surface area contributed by atoms with Crippen LogP contribution in [-0.4, -0.2) is 32.2 Å². The van der Waals surface area contributed by atoms with E-state index in [0.717, 1.165) is 39.1 Å². The average molecular weight is 188 g/mol. The maximum absolute atomic E-state index is 5.53. The van der Waals surface area contributed by atoms with Crippen LogP contribution in [0.25, 0.3) is 0 Å². The van der Waals surface area contributed by atoms with Crippen LogP contribution in [0, 0.1) is 0 Å². The van der Waals surface area contributed by atoms with Gasteiger partial charge in [0.15, 0.2) is 6.29 Å². The standard InChI is InChI=1S/C10H20O3/c1-3-9(2)11-8-5-10-12-6-4-7-13-10/h9-10H,3-8H2,1-2H3. The molecule has 0 N–H and O–H groups in total. The van der Waals surface area contributed by atoms with Gasteiger partial charge in [-0.1, -0.05) is 6.92 Å². The molecule has 0 aromatic carbocycles. The average Bonchev–Trinajstić information content (AvgIpc) is 2.19. The van der Waals surface area contributed by atoms with Gasteiger partial charge in [0.2, 0.25) is 0 Å². The van der Waals surface area contributed by atoms with E-state index in [0.29, 0.717) is 6.10 Å². The van der Waals surface area contributed by atoms with Crippen molar-refractivity contribution in [3.8, 4) is 0 Å².